The van der Waals surface area contributed by atoms with Crippen molar-refractivity contribution in [3.8, 4) is 0 Å². The van der Waals surface area contributed by atoms with Crippen LogP contribution in [0.15, 0.2) is 40.9 Å². The van der Waals surface area contributed by atoms with Gasteiger partial charge < -0.3 is 10.5 Å². The molecular formula is C16H21N3O5S. The summed E-state index contributed by atoms with van der Waals surface area (Å²) in [7, 11) is -4.24. The van der Waals surface area contributed by atoms with E-state index in [4.69, 9.17) is 10.5 Å². The molecule has 0 bridgehead atoms. The Morgan fingerprint density at radius 1 is 1.24 bits per heavy atom. The van der Waals surface area contributed by atoms with E-state index in [2.05, 4.69) is 4.72 Å². The first-order valence-electron chi connectivity index (χ1n) is 7.62. The number of anilines is 1. The summed E-state index contributed by atoms with van der Waals surface area (Å²) in [6, 6.07) is 8.08. The van der Waals surface area contributed by atoms with Crippen LogP contribution in [0, 0.1) is 0 Å². The summed E-state index contributed by atoms with van der Waals surface area (Å²) in [5.41, 5.74) is 5.14. The summed E-state index contributed by atoms with van der Waals surface area (Å²) in [5.74, 6) is -0.999. The molecule has 0 aromatic heterocycles. The zero-order chi connectivity index (χ0) is 18.8. The minimum absolute atomic E-state index is 0.0378. The second-order valence-corrected chi connectivity index (χ2v) is 8.13. The predicted molar refractivity (Wildman–Crippen MR) is 92.8 cm³/mol. The highest BCUT2D eigenvalue weighted by Crippen LogP contribution is 2.24. The van der Waals surface area contributed by atoms with Crippen molar-refractivity contribution in [1.82, 2.24) is 4.90 Å². The molecule has 8 nitrogen and oxygen atoms in total. The Balaban J connectivity index is 2.30. The summed E-state index contributed by atoms with van der Waals surface area (Å²) >= 11 is 0. The molecule has 0 aliphatic carbocycles. The van der Waals surface area contributed by atoms with E-state index in [0.29, 0.717) is 0 Å². The Bertz CT molecular complexity index is 810. The van der Waals surface area contributed by atoms with Crippen LogP contribution in [0.3, 0.4) is 0 Å². The van der Waals surface area contributed by atoms with Gasteiger partial charge in [0.1, 0.15) is 5.60 Å². The number of benzene rings is 1. The fourth-order valence-corrected chi connectivity index (χ4v) is 3.53. The molecule has 0 radical (unpaired) electrons. The maximum Gasteiger partial charge on any atom is 0.417 e. The number of hydrogen-bond acceptors (Lipinski definition) is 6. The van der Waals surface area contributed by atoms with Crippen LogP contribution in [0.5, 0.6) is 0 Å². The Morgan fingerprint density at radius 2 is 1.84 bits per heavy atom. The van der Waals surface area contributed by atoms with E-state index in [1.165, 1.54) is 12.1 Å². The molecule has 0 spiro atoms. The number of ether oxygens (including phenoxy) is 1. The van der Waals surface area contributed by atoms with E-state index in [-0.39, 0.29) is 24.4 Å². The number of hydrogen-bond donors (Lipinski definition) is 2. The summed E-state index contributed by atoms with van der Waals surface area (Å²) in [4.78, 5) is 24.9. The van der Waals surface area contributed by atoms with E-state index in [0.717, 1.165) is 4.90 Å². The minimum Gasteiger partial charge on any atom is -0.443 e. The first-order valence-corrected chi connectivity index (χ1v) is 9.11. The smallest absolute Gasteiger partial charge is 0.417 e. The molecule has 0 saturated heterocycles. The Labute approximate surface area is 146 Å². The van der Waals surface area contributed by atoms with Gasteiger partial charge in [-0.25, -0.2) is 18.1 Å². The highest BCUT2D eigenvalue weighted by atomic mass is 32.2. The number of rotatable bonds is 3. The molecule has 25 heavy (non-hydrogen) atoms. The maximum absolute atomic E-state index is 12.6. The van der Waals surface area contributed by atoms with Gasteiger partial charge in [-0.05, 0) is 32.9 Å². The van der Waals surface area contributed by atoms with E-state index in [1.807, 2.05) is 0 Å². The number of carbonyl (C=O) groups is 2. The Kier molecular flexibility index (Phi) is 5.07. The number of sulfonamides is 1. The van der Waals surface area contributed by atoms with Crippen LogP contribution in [0.2, 0.25) is 0 Å². The number of nitrogens with one attached hydrogen (secondary N) is 1. The molecule has 2 amide bonds. The quantitative estimate of drug-likeness (QED) is 0.840. The largest absolute Gasteiger partial charge is 0.443 e. The van der Waals surface area contributed by atoms with Crippen molar-refractivity contribution in [1.29, 1.82) is 0 Å². The van der Waals surface area contributed by atoms with Crippen molar-refractivity contribution >= 4 is 27.7 Å². The van der Waals surface area contributed by atoms with Gasteiger partial charge in [0.2, 0.25) is 0 Å². The predicted octanol–water partition coefficient (Wildman–Crippen LogP) is 1.77. The van der Waals surface area contributed by atoms with Crippen molar-refractivity contribution in [3.05, 3.63) is 40.9 Å². The zero-order valence-corrected chi connectivity index (χ0v) is 15.1. The molecule has 136 valence electrons. The van der Waals surface area contributed by atoms with Gasteiger partial charge in [-0.15, -0.1) is 0 Å². The fourth-order valence-electron chi connectivity index (χ4n) is 2.20. The molecular weight excluding hydrogens is 346 g/mol. The van der Waals surface area contributed by atoms with Gasteiger partial charge in [-0.1, -0.05) is 18.2 Å². The third-order valence-corrected chi connectivity index (χ3v) is 4.72. The van der Waals surface area contributed by atoms with Crippen molar-refractivity contribution in [2.24, 2.45) is 5.73 Å². The molecule has 0 unspecified atom stereocenters. The van der Waals surface area contributed by atoms with E-state index in [1.54, 1.807) is 39.0 Å². The van der Waals surface area contributed by atoms with Crippen molar-refractivity contribution in [3.63, 3.8) is 0 Å². The average Bonchev–Trinajstić information content (AvgIpc) is 2.45. The fraction of sp³-hybridized carbons (Fsp3) is 0.375. The molecule has 9 heteroatoms. The number of nitrogens with zero attached hydrogens (tertiary/aromatic N) is 1. The lowest BCUT2D eigenvalue weighted by atomic mass is 10.2. The molecule has 1 aliphatic heterocycles. The summed E-state index contributed by atoms with van der Waals surface area (Å²) in [6.07, 6.45) is -0.854. The number of para-hydroxylation sites is 1. The average molecular weight is 367 g/mol. The van der Waals surface area contributed by atoms with Gasteiger partial charge in [0.05, 0.1) is 0 Å². The molecule has 0 atom stereocenters. The standard InChI is InChI=1S/C16H21N3O5S/c1-16(2,3)24-15(21)19-10-9-12(17)13(14(19)20)25(22,23)18-11-7-5-4-6-8-11/h4-8,18H,9-10,17H2,1-3H3. The molecule has 1 aromatic carbocycles. The molecule has 1 heterocycles. The molecule has 0 saturated carbocycles. The van der Waals surface area contributed by atoms with Crippen LogP contribution in [0.25, 0.3) is 0 Å². The monoisotopic (exact) mass is 367 g/mol. The van der Waals surface area contributed by atoms with Crippen LogP contribution in [-0.4, -0.2) is 37.5 Å². The minimum atomic E-state index is -4.24. The van der Waals surface area contributed by atoms with Crippen LogP contribution < -0.4 is 10.5 Å². The number of imide groups is 1. The highest BCUT2D eigenvalue weighted by Gasteiger charge is 2.39. The van der Waals surface area contributed by atoms with Crippen molar-refractivity contribution < 1.29 is 22.7 Å². The molecule has 0 fully saturated rings. The van der Waals surface area contributed by atoms with Gasteiger partial charge in [0, 0.05) is 24.4 Å². The first kappa shape index (κ1) is 18.8. The number of nitrogens with two attached hydrogens (primary N) is 1. The molecule has 1 aliphatic rings. The van der Waals surface area contributed by atoms with Crippen LogP contribution >= 0.6 is 0 Å². The lowest BCUT2D eigenvalue weighted by Crippen LogP contribution is -2.47. The third-order valence-electron chi connectivity index (χ3n) is 3.24. The molecule has 3 N–H and O–H groups in total. The van der Waals surface area contributed by atoms with E-state index < -0.39 is 32.5 Å². The van der Waals surface area contributed by atoms with Gasteiger partial charge >= 0.3 is 6.09 Å². The Hall–Kier alpha value is -2.55. The maximum atomic E-state index is 12.6. The summed E-state index contributed by atoms with van der Waals surface area (Å²) in [6.45, 7) is 4.92. The van der Waals surface area contributed by atoms with Crippen molar-refractivity contribution in [2.45, 2.75) is 32.8 Å². The van der Waals surface area contributed by atoms with E-state index >= 15 is 0 Å². The number of carbonyl (C=O) groups excluding carboxylic acids is 2. The van der Waals surface area contributed by atoms with Gasteiger partial charge in [0.15, 0.2) is 4.91 Å². The number of amides is 2. The van der Waals surface area contributed by atoms with Gasteiger partial charge in [0.25, 0.3) is 15.9 Å². The van der Waals surface area contributed by atoms with Crippen LogP contribution in [0.4, 0.5) is 10.5 Å². The third kappa shape index (κ3) is 4.50. The zero-order valence-electron chi connectivity index (χ0n) is 14.3. The second kappa shape index (κ2) is 6.75. The topological polar surface area (TPSA) is 119 Å². The summed E-state index contributed by atoms with van der Waals surface area (Å²) in [5, 5.41) is 0. The lowest BCUT2D eigenvalue weighted by Gasteiger charge is -2.29. The summed E-state index contributed by atoms with van der Waals surface area (Å²) < 4.78 is 32.6. The second-order valence-electron chi connectivity index (χ2n) is 6.51. The normalized spacial score (nSPS) is 16.0. The van der Waals surface area contributed by atoms with E-state index in [9.17, 15) is 18.0 Å². The highest BCUT2D eigenvalue weighted by molar-refractivity contribution is 7.97. The SMILES string of the molecule is CC(C)(C)OC(=O)N1CCC(N)=C(S(=O)(=O)Nc2ccccc2)C1=O. The molecule has 1 aromatic rings. The van der Waals surface area contributed by atoms with Crippen LogP contribution in [0.1, 0.15) is 27.2 Å². The lowest BCUT2D eigenvalue weighted by molar-refractivity contribution is -0.126. The van der Waals surface area contributed by atoms with Gasteiger partial charge in [-0.2, -0.15) is 0 Å². The first-order chi connectivity index (χ1) is 11.5. The van der Waals surface area contributed by atoms with Crippen molar-refractivity contribution in [2.75, 3.05) is 11.3 Å². The Morgan fingerprint density at radius 3 is 2.40 bits per heavy atom. The van der Waals surface area contributed by atoms with Crippen LogP contribution in [-0.2, 0) is 19.6 Å². The van der Waals surface area contributed by atoms with Gasteiger partial charge in [-0.3, -0.25) is 9.52 Å². The molecule has 2 rings (SSSR count).